The number of oxime groups is 1. The van der Waals surface area contributed by atoms with Crippen molar-refractivity contribution < 1.29 is 15.1 Å². The number of nitrogens with two attached hydrogens (primary N) is 1. The molecule has 1 saturated heterocycles. The van der Waals surface area contributed by atoms with Crippen LogP contribution in [0.5, 0.6) is 0 Å². The molecule has 1 heterocycles. The topological polar surface area (TPSA) is 91.3 Å². The largest absolute Gasteiger partial charge is 0.409 e. The van der Waals surface area contributed by atoms with E-state index >= 15 is 0 Å². The molecule has 1 fully saturated rings. The van der Waals surface area contributed by atoms with Crippen LogP contribution in [0.2, 0.25) is 0 Å². The minimum atomic E-state index is -0.886. The predicted molar refractivity (Wildman–Crippen MR) is 64.6 cm³/mol. The van der Waals surface area contributed by atoms with Gasteiger partial charge in [-0.2, -0.15) is 0 Å². The van der Waals surface area contributed by atoms with Crippen molar-refractivity contribution in [1.29, 1.82) is 0 Å². The summed E-state index contributed by atoms with van der Waals surface area (Å²) in [5, 5.41) is 21.5. The summed E-state index contributed by atoms with van der Waals surface area (Å²) in [6, 6.07) is 0. The maximum Gasteiger partial charge on any atom is 0.216 e. The third-order valence-corrected chi connectivity index (χ3v) is 2.83. The summed E-state index contributed by atoms with van der Waals surface area (Å²) in [5.41, 5.74) is 5.19. The Hall–Kier alpha value is -0.850. The second kappa shape index (κ2) is 5.66. The lowest BCUT2D eigenvalue weighted by molar-refractivity contribution is -0.242. The first-order chi connectivity index (χ1) is 7.83. The summed E-state index contributed by atoms with van der Waals surface area (Å²) in [6.45, 7) is 7.06. The third kappa shape index (κ3) is 4.49. The fourth-order valence-electron chi connectivity index (χ4n) is 1.89. The fourth-order valence-corrected chi connectivity index (χ4v) is 1.89. The quantitative estimate of drug-likeness (QED) is 0.222. The van der Waals surface area contributed by atoms with Gasteiger partial charge >= 0.3 is 0 Å². The molecular weight excluding hydrogens is 222 g/mol. The number of hydrogen-bond acceptors (Lipinski definition) is 5. The summed E-state index contributed by atoms with van der Waals surface area (Å²) in [6.07, 6.45) is 0.643. The molecular formula is C11H23N3O3. The van der Waals surface area contributed by atoms with E-state index in [1.54, 1.807) is 0 Å². The molecule has 0 bridgehead atoms. The molecule has 0 aromatic rings. The molecule has 0 saturated carbocycles. The lowest BCUT2D eigenvalue weighted by Gasteiger charge is -2.36. The van der Waals surface area contributed by atoms with E-state index in [4.69, 9.17) is 15.7 Å². The number of hydrogen-bond donors (Lipinski definition) is 3. The predicted octanol–water partition coefficient (Wildman–Crippen LogP) is 0.536. The van der Waals surface area contributed by atoms with Gasteiger partial charge in [0.1, 0.15) is 5.84 Å². The molecule has 1 atom stereocenters. The molecule has 0 spiro atoms. The molecule has 1 aliphatic rings. The molecule has 0 aliphatic carbocycles. The highest BCUT2D eigenvalue weighted by atomic mass is 16.6. The van der Waals surface area contributed by atoms with E-state index in [1.165, 1.54) is 0 Å². The van der Waals surface area contributed by atoms with Crippen LogP contribution < -0.4 is 5.73 Å². The first-order valence-corrected chi connectivity index (χ1v) is 5.91. The number of nitrogens with zero attached hydrogens (tertiary/aromatic N) is 2. The molecule has 17 heavy (non-hydrogen) atoms. The molecule has 100 valence electrons. The first-order valence-electron chi connectivity index (χ1n) is 5.91. The minimum Gasteiger partial charge on any atom is -0.409 e. The van der Waals surface area contributed by atoms with Crippen LogP contribution in [-0.4, -0.2) is 46.2 Å². The van der Waals surface area contributed by atoms with Crippen LogP contribution in [0.15, 0.2) is 5.16 Å². The van der Waals surface area contributed by atoms with Gasteiger partial charge in [0, 0.05) is 19.0 Å². The van der Waals surface area contributed by atoms with E-state index in [1.807, 2.05) is 25.7 Å². The van der Waals surface area contributed by atoms with Crippen LogP contribution in [0.25, 0.3) is 0 Å². The standard InChI is InChI=1S/C11H23N3O3/c1-11(2,3)17-10(15)14-6-4-8(5-7-14)9(12)13-16/h8,10,15-16H,4-7H2,1-3H3,(H2,12,13). The van der Waals surface area contributed by atoms with Gasteiger partial charge < -0.3 is 20.8 Å². The van der Waals surface area contributed by atoms with Gasteiger partial charge in [-0.05, 0) is 33.6 Å². The number of piperidine rings is 1. The van der Waals surface area contributed by atoms with Crippen molar-refractivity contribution >= 4 is 5.84 Å². The smallest absolute Gasteiger partial charge is 0.216 e. The van der Waals surface area contributed by atoms with Gasteiger partial charge in [-0.3, -0.25) is 4.90 Å². The van der Waals surface area contributed by atoms with Crippen LogP contribution in [0.3, 0.4) is 0 Å². The zero-order valence-corrected chi connectivity index (χ0v) is 10.8. The van der Waals surface area contributed by atoms with Gasteiger partial charge in [0.2, 0.25) is 6.41 Å². The lowest BCUT2D eigenvalue weighted by Crippen LogP contribution is -2.47. The van der Waals surface area contributed by atoms with Crippen LogP contribution in [-0.2, 0) is 4.74 Å². The zero-order chi connectivity index (χ0) is 13.1. The van der Waals surface area contributed by atoms with E-state index in [2.05, 4.69) is 5.16 Å². The zero-order valence-electron chi connectivity index (χ0n) is 10.8. The monoisotopic (exact) mass is 245 g/mol. The Labute approximate surface area is 102 Å². The SMILES string of the molecule is CC(C)(C)OC(O)N1CCC(/C(N)=N\O)CC1. The maximum absolute atomic E-state index is 9.88. The fraction of sp³-hybridized carbons (Fsp3) is 0.909. The third-order valence-electron chi connectivity index (χ3n) is 2.83. The molecule has 0 amide bonds. The Morgan fingerprint density at radius 3 is 2.35 bits per heavy atom. The Balaban J connectivity index is 2.41. The van der Waals surface area contributed by atoms with Crippen molar-refractivity contribution in [2.24, 2.45) is 16.8 Å². The number of likely N-dealkylation sites (tertiary alicyclic amines) is 1. The van der Waals surface area contributed by atoms with Crippen molar-refractivity contribution in [2.75, 3.05) is 13.1 Å². The van der Waals surface area contributed by atoms with Crippen molar-refractivity contribution in [1.82, 2.24) is 4.90 Å². The number of ether oxygens (including phenoxy) is 1. The molecule has 0 aromatic carbocycles. The van der Waals surface area contributed by atoms with Crippen LogP contribution in [0, 0.1) is 5.92 Å². The molecule has 6 nitrogen and oxygen atoms in total. The Morgan fingerprint density at radius 2 is 1.94 bits per heavy atom. The average molecular weight is 245 g/mol. The van der Waals surface area contributed by atoms with Crippen molar-refractivity contribution in [3.05, 3.63) is 0 Å². The van der Waals surface area contributed by atoms with Gasteiger partial charge in [-0.25, -0.2) is 0 Å². The summed E-state index contributed by atoms with van der Waals surface area (Å²) in [7, 11) is 0. The highest BCUT2D eigenvalue weighted by Gasteiger charge is 2.28. The van der Waals surface area contributed by atoms with E-state index in [0.717, 1.165) is 12.8 Å². The van der Waals surface area contributed by atoms with Crippen molar-refractivity contribution in [2.45, 2.75) is 45.6 Å². The Bertz CT molecular complexity index is 268. The van der Waals surface area contributed by atoms with Gasteiger partial charge in [-0.15, -0.1) is 0 Å². The second-order valence-electron chi connectivity index (χ2n) is 5.39. The summed E-state index contributed by atoms with van der Waals surface area (Å²) in [4.78, 5) is 1.85. The maximum atomic E-state index is 9.88. The molecule has 6 heteroatoms. The first kappa shape index (κ1) is 14.2. The number of amidine groups is 1. The van der Waals surface area contributed by atoms with E-state index in [9.17, 15) is 5.11 Å². The second-order valence-corrected chi connectivity index (χ2v) is 5.39. The summed E-state index contributed by atoms with van der Waals surface area (Å²) < 4.78 is 5.47. The van der Waals surface area contributed by atoms with Crippen molar-refractivity contribution in [3.8, 4) is 0 Å². The van der Waals surface area contributed by atoms with E-state index in [-0.39, 0.29) is 17.4 Å². The Morgan fingerprint density at radius 1 is 1.41 bits per heavy atom. The highest BCUT2D eigenvalue weighted by molar-refractivity contribution is 5.82. The molecule has 4 N–H and O–H groups in total. The number of rotatable bonds is 3. The normalized spacial score (nSPS) is 22.7. The molecule has 0 aromatic heterocycles. The molecule has 1 rings (SSSR count). The highest BCUT2D eigenvalue weighted by Crippen LogP contribution is 2.21. The van der Waals surface area contributed by atoms with Gasteiger partial charge in [0.25, 0.3) is 0 Å². The Kier molecular flexibility index (Phi) is 4.73. The molecule has 1 aliphatic heterocycles. The van der Waals surface area contributed by atoms with E-state index < -0.39 is 6.41 Å². The lowest BCUT2D eigenvalue weighted by atomic mass is 9.96. The average Bonchev–Trinajstić information content (AvgIpc) is 2.26. The number of aliphatic hydroxyl groups is 1. The number of aliphatic hydroxyl groups excluding tert-OH is 1. The van der Waals surface area contributed by atoms with Gasteiger partial charge in [-0.1, -0.05) is 5.16 Å². The summed E-state index contributed by atoms with van der Waals surface area (Å²) in [5.74, 6) is 0.369. The molecule has 1 unspecified atom stereocenters. The van der Waals surface area contributed by atoms with E-state index in [0.29, 0.717) is 13.1 Å². The van der Waals surface area contributed by atoms with Crippen LogP contribution in [0.1, 0.15) is 33.6 Å². The van der Waals surface area contributed by atoms with Crippen LogP contribution >= 0.6 is 0 Å². The van der Waals surface area contributed by atoms with Crippen LogP contribution in [0.4, 0.5) is 0 Å². The minimum absolute atomic E-state index is 0.0955. The van der Waals surface area contributed by atoms with Gasteiger partial charge in [0.15, 0.2) is 0 Å². The van der Waals surface area contributed by atoms with Crippen molar-refractivity contribution in [3.63, 3.8) is 0 Å². The van der Waals surface area contributed by atoms with Gasteiger partial charge in [0.05, 0.1) is 5.60 Å². The summed E-state index contributed by atoms with van der Waals surface area (Å²) >= 11 is 0. The molecule has 0 radical (unpaired) electrons.